The van der Waals surface area contributed by atoms with Gasteiger partial charge in [-0.05, 0) is 56.5 Å². The van der Waals surface area contributed by atoms with Gasteiger partial charge in [0, 0.05) is 11.6 Å². The van der Waals surface area contributed by atoms with Crippen molar-refractivity contribution in [2.75, 3.05) is 26.2 Å². The molecular formula is C15H20ClF3N2O2S. The molecule has 0 unspecified atom stereocenters. The van der Waals surface area contributed by atoms with E-state index in [1.165, 1.54) is 11.0 Å². The highest BCUT2D eigenvalue weighted by Crippen LogP contribution is 2.24. The van der Waals surface area contributed by atoms with Gasteiger partial charge in [0.05, 0.1) is 11.4 Å². The maximum absolute atomic E-state index is 12.4. The maximum Gasteiger partial charge on any atom is 0.401 e. The zero-order chi connectivity index (χ0) is 18.0. The summed E-state index contributed by atoms with van der Waals surface area (Å²) in [5, 5.41) is 0.373. The van der Waals surface area contributed by atoms with Gasteiger partial charge in [0.25, 0.3) is 0 Å². The highest BCUT2D eigenvalue weighted by atomic mass is 35.5. The largest absolute Gasteiger partial charge is 0.401 e. The van der Waals surface area contributed by atoms with Crippen LogP contribution in [0.1, 0.15) is 18.4 Å². The third kappa shape index (κ3) is 5.34. The van der Waals surface area contributed by atoms with E-state index in [9.17, 15) is 21.6 Å². The monoisotopic (exact) mass is 384 g/mol. The standard InChI is InChI=1S/C15H20ClF3N2O2S/c1-11-13(16)3-2-4-14(11)24(22,23)20-9-12-5-7-21(8-6-12)10-15(17,18)19/h2-4,12,20H,5-10H2,1H3. The minimum absolute atomic E-state index is 0.0312. The fourth-order valence-electron chi connectivity index (χ4n) is 2.79. The Morgan fingerprint density at radius 1 is 1.29 bits per heavy atom. The molecule has 0 bridgehead atoms. The number of sulfonamides is 1. The number of nitrogens with one attached hydrogen (secondary N) is 1. The molecule has 0 radical (unpaired) electrons. The molecule has 24 heavy (non-hydrogen) atoms. The summed E-state index contributed by atoms with van der Waals surface area (Å²) >= 11 is 5.95. The van der Waals surface area contributed by atoms with Crippen molar-refractivity contribution >= 4 is 21.6 Å². The number of likely N-dealkylation sites (tertiary alicyclic amines) is 1. The molecule has 1 saturated heterocycles. The molecule has 1 heterocycles. The normalized spacial score (nSPS) is 18.0. The zero-order valence-corrected chi connectivity index (χ0v) is 14.8. The van der Waals surface area contributed by atoms with Crippen LogP contribution in [0.25, 0.3) is 0 Å². The predicted octanol–water partition coefficient (Wildman–Crippen LogP) is 3.20. The lowest BCUT2D eigenvalue weighted by Gasteiger charge is -2.32. The van der Waals surface area contributed by atoms with Crippen LogP contribution in [0.15, 0.2) is 23.1 Å². The number of alkyl halides is 3. The predicted molar refractivity (Wildman–Crippen MR) is 86.6 cm³/mol. The molecule has 1 aromatic rings. The summed E-state index contributed by atoms with van der Waals surface area (Å²) in [5.41, 5.74) is 0.478. The van der Waals surface area contributed by atoms with Gasteiger partial charge in [-0.25, -0.2) is 13.1 Å². The zero-order valence-electron chi connectivity index (χ0n) is 13.2. The second kappa shape index (κ2) is 7.59. The van der Waals surface area contributed by atoms with Gasteiger partial charge in [-0.15, -0.1) is 0 Å². The number of piperidine rings is 1. The molecule has 1 aliphatic rings. The van der Waals surface area contributed by atoms with Crippen molar-refractivity contribution in [1.29, 1.82) is 0 Å². The SMILES string of the molecule is Cc1c(Cl)cccc1S(=O)(=O)NCC1CCN(CC(F)(F)F)CC1. The van der Waals surface area contributed by atoms with E-state index in [2.05, 4.69) is 4.72 Å². The Morgan fingerprint density at radius 3 is 2.50 bits per heavy atom. The summed E-state index contributed by atoms with van der Waals surface area (Å²) in [6.45, 7) is 1.58. The second-order valence-electron chi connectivity index (χ2n) is 6.05. The third-order valence-electron chi connectivity index (χ3n) is 4.18. The molecule has 0 amide bonds. The Labute approximate surface area is 145 Å². The summed E-state index contributed by atoms with van der Waals surface area (Å²) < 4.78 is 64.4. The van der Waals surface area contributed by atoms with Crippen LogP contribution in [-0.2, 0) is 10.0 Å². The van der Waals surface area contributed by atoms with E-state index >= 15 is 0 Å². The van der Waals surface area contributed by atoms with Gasteiger partial charge in [0.15, 0.2) is 0 Å². The van der Waals surface area contributed by atoms with E-state index < -0.39 is 22.7 Å². The third-order valence-corrected chi connectivity index (χ3v) is 6.16. The average molecular weight is 385 g/mol. The van der Waals surface area contributed by atoms with Gasteiger partial charge in [-0.1, -0.05) is 17.7 Å². The minimum atomic E-state index is -4.20. The summed E-state index contributed by atoms with van der Waals surface area (Å²) in [6.07, 6.45) is -3.13. The topological polar surface area (TPSA) is 49.4 Å². The highest BCUT2D eigenvalue weighted by molar-refractivity contribution is 7.89. The first-order valence-corrected chi connectivity index (χ1v) is 9.48. The Bertz CT molecular complexity index is 672. The maximum atomic E-state index is 12.4. The van der Waals surface area contributed by atoms with Gasteiger partial charge < -0.3 is 0 Å². The van der Waals surface area contributed by atoms with Gasteiger partial charge in [0.1, 0.15) is 0 Å². The number of hydrogen-bond acceptors (Lipinski definition) is 3. The van der Waals surface area contributed by atoms with Crippen LogP contribution in [0.5, 0.6) is 0 Å². The first-order valence-electron chi connectivity index (χ1n) is 7.62. The molecule has 0 spiro atoms. The van der Waals surface area contributed by atoms with Crippen LogP contribution in [0, 0.1) is 12.8 Å². The molecule has 0 aliphatic carbocycles. The summed E-state index contributed by atoms with van der Waals surface area (Å²) in [6, 6.07) is 4.67. The van der Waals surface area contributed by atoms with Crippen molar-refractivity contribution in [3.05, 3.63) is 28.8 Å². The van der Waals surface area contributed by atoms with E-state index in [0.717, 1.165) is 0 Å². The summed E-state index contributed by atoms with van der Waals surface area (Å²) in [7, 11) is -3.68. The van der Waals surface area contributed by atoms with E-state index in [0.29, 0.717) is 36.5 Å². The number of halogens is 4. The highest BCUT2D eigenvalue weighted by Gasteiger charge is 2.32. The molecule has 1 aromatic carbocycles. The number of nitrogens with zero attached hydrogens (tertiary/aromatic N) is 1. The Balaban J connectivity index is 1.89. The van der Waals surface area contributed by atoms with Gasteiger partial charge in [-0.2, -0.15) is 13.2 Å². The van der Waals surface area contributed by atoms with Gasteiger partial charge in [0.2, 0.25) is 10.0 Å². The molecule has 0 atom stereocenters. The smallest absolute Gasteiger partial charge is 0.295 e. The van der Waals surface area contributed by atoms with Crippen LogP contribution in [0.3, 0.4) is 0 Å². The first kappa shape index (κ1) is 19.5. The Hall–Kier alpha value is -0.830. The minimum Gasteiger partial charge on any atom is -0.295 e. The molecule has 1 fully saturated rings. The van der Waals surface area contributed by atoms with E-state index in [4.69, 9.17) is 11.6 Å². The van der Waals surface area contributed by atoms with E-state index in [1.807, 2.05) is 0 Å². The van der Waals surface area contributed by atoms with Crippen molar-refractivity contribution in [2.45, 2.75) is 30.8 Å². The molecule has 2 rings (SSSR count). The van der Waals surface area contributed by atoms with Crippen LogP contribution in [0.2, 0.25) is 5.02 Å². The lowest BCUT2D eigenvalue weighted by atomic mass is 9.97. The van der Waals surface area contributed by atoms with Gasteiger partial charge >= 0.3 is 6.18 Å². The van der Waals surface area contributed by atoms with E-state index in [-0.39, 0.29) is 17.4 Å². The van der Waals surface area contributed by atoms with Crippen LogP contribution in [-0.4, -0.2) is 45.7 Å². The lowest BCUT2D eigenvalue weighted by molar-refractivity contribution is -0.148. The van der Waals surface area contributed by atoms with Crippen LogP contribution < -0.4 is 4.72 Å². The van der Waals surface area contributed by atoms with Crippen LogP contribution >= 0.6 is 11.6 Å². The number of benzene rings is 1. The molecule has 0 aromatic heterocycles. The molecular weight excluding hydrogens is 365 g/mol. The van der Waals surface area contributed by atoms with Crippen molar-refractivity contribution in [3.63, 3.8) is 0 Å². The summed E-state index contributed by atoms with van der Waals surface area (Å²) in [4.78, 5) is 1.48. The Kier molecular flexibility index (Phi) is 6.17. The molecule has 1 N–H and O–H groups in total. The summed E-state index contributed by atoms with van der Waals surface area (Å²) in [5.74, 6) is 0.0312. The first-order chi connectivity index (χ1) is 11.1. The van der Waals surface area contributed by atoms with Crippen molar-refractivity contribution in [3.8, 4) is 0 Å². The number of rotatable bonds is 5. The molecule has 136 valence electrons. The lowest BCUT2D eigenvalue weighted by Crippen LogP contribution is -2.42. The van der Waals surface area contributed by atoms with E-state index in [1.54, 1.807) is 19.1 Å². The number of hydrogen-bond donors (Lipinski definition) is 1. The van der Waals surface area contributed by atoms with Crippen molar-refractivity contribution in [2.24, 2.45) is 5.92 Å². The molecule has 9 heteroatoms. The molecule has 4 nitrogen and oxygen atoms in total. The fourth-order valence-corrected chi connectivity index (χ4v) is 4.40. The molecule has 1 aliphatic heterocycles. The molecule has 0 saturated carbocycles. The van der Waals surface area contributed by atoms with Crippen molar-refractivity contribution in [1.82, 2.24) is 9.62 Å². The average Bonchev–Trinajstić information content (AvgIpc) is 2.48. The quantitative estimate of drug-likeness (QED) is 0.848. The van der Waals surface area contributed by atoms with Crippen LogP contribution in [0.4, 0.5) is 13.2 Å². The Morgan fingerprint density at radius 2 is 1.92 bits per heavy atom. The van der Waals surface area contributed by atoms with Crippen molar-refractivity contribution < 1.29 is 21.6 Å². The van der Waals surface area contributed by atoms with Gasteiger partial charge in [-0.3, -0.25) is 4.90 Å². The fraction of sp³-hybridized carbons (Fsp3) is 0.600. The second-order valence-corrected chi connectivity index (χ2v) is 8.19.